The molecule has 3 heterocycles. The van der Waals surface area contributed by atoms with Gasteiger partial charge in [0, 0.05) is 30.9 Å². The molecule has 34 heavy (non-hydrogen) atoms. The molecule has 0 radical (unpaired) electrons. The molecular weight excluding hydrogens is 428 g/mol. The van der Waals surface area contributed by atoms with E-state index >= 15 is 0 Å². The third-order valence-electron chi connectivity index (χ3n) is 7.59. The summed E-state index contributed by atoms with van der Waals surface area (Å²) in [6.45, 7) is 3.36. The molecule has 2 saturated heterocycles. The van der Waals surface area contributed by atoms with Gasteiger partial charge in [0.1, 0.15) is 11.9 Å². The van der Waals surface area contributed by atoms with Gasteiger partial charge in [-0.15, -0.1) is 0 Å². The van der Waals surface area contributed by atoms with Crippen molar-refractivity contribution in [3.63, 3.8) is 0 Å². The van der Waals surface area contributed by atoms with Crippen molar-refractivity contribution in [1.82, 2.24) is 9.88 Å². The molecule has 8 nitrogen and oxygen atoms in total. The van der Waals surface area contributed by atoms with Crippen LogP contribution in [0, 0.1) is 11.3 Å². The number of urea groups is 1. The molecule has 0 N–H and O–H groups in total. The highest BCUT2D eigenvalue weighted by Gasteiger charge is 2.52. The molecule has 0 atom stereocenters. The average molecular weight is 461 g/mol. The quantitative estimate of drug-likeness (QED) is 0.695. The lowest BCUT2D eigenvalue weighted by molar-refractivity contribution is 0.122. The predicted molar refractivity (Wildman–Crippen MR) is 132 cm³/mol. The van der Waals surface area contributed by atoms with Crippen molar-refractivity contribution in [3.05, 3.63) is 48.2 Å². The molecule has 8 heteroatoms. The zero-order valence-electron chi connectivity index (χ0n) is 20.0. The highest BCUT2D eigenvalue weighted by atomic mass is 16.5. The molecule has 3 aliphatic rings. The molecule has 2 aliphatic heterocycles. The first-order chi connectivity index (χ1) is 16.5. The smallest absolute Gasteiger partial charge is 0.329 e. The molecule has 2 amide bonds. The molecule has 2 aromatic rings. The normalized spacial score (nSPS) is 25.3. The number of hydrogen-bond acceptors (Lipinski definition) is 6. The number of aromatic nitrogens is 1. The molecule has 1 saturated carbocycles. The Labute approximate surface area is 201 Å². The average Bonchev–Trinajstić information content (AvgIpc) is 3.16. The summed E-state index contributed by atoms with van der Waals surface area (Å²) in [4.78, 5) is 26.8. The van der Waals surface area contributed by atoms with E-state index in [1.807, 2.05) is 41.3 Å². The third kappa shape index (κ3) is 3.99. The molecule has 1 spiro atoms. The number of nitrogens with zero attached hydrogens (tertiary/aromatic N) is 6. The lowest BCUT2D eigenvalue weighted by atomic mass is 9.78. The van der Waals surface area contributed by atoms with E-state index in [2.05, 4.69) is 34.9 Å². The summed E-state index contributed by atoms with van der Waals surface area (Å²) >= 11 is 0. The van der Waals surface area contributed by atoms with Crippen LogP contribution in [0.5, 0.6) is 0 Å². The highest BCUT2D eigenvalue weighted by Crippen LogP contribution is 2.44. The molecular formula is C26H32N6O2. The number of ether oxygens (including phenoxy) is 1. The van der Waals surface area contributed by atoms with Gasteiger partial charge in [0.05, 0.1) is 42.7 Å². The monoisotopic (exact) mass is 460 g/mol. The summed E-state index contributed by atoms with van der Waals surface area (Å²) in [7, 11) is 4.26. The summed E-state index contributed by atoms with van der Waals surface area (Å²) in [5.41, 5.74) is 1.70. The second kappa shape index (κ2) is 9.24. The summed E-state index contributed by atoms with van der Waals surface area (Å²) in [5, 5.41) is 9.99. The Morgan fingerprint density at radius 2 is 1.85 bits per heavy atom. The van der Waals surface area contributed by atoms with Crippen LogP contribution in [0.2, 0.25) is 0 Å². The van der Waals surface area contributed by atoms with E-state index < -0.39 is 0 Å². The van der Waals surface area contributed by atoms with Crippen molar-refractivity contribution in [2.24, 2.45) is 0 Å². The number of rotatable bonds is 4. The maximum atomic E-state index is 13.9. The minimum Gasteiger partial charge on any atom is -0.378 e. The lowest BCUT2D eigenvalue weighted by Crippen LogP contribution is -2.52. The summed E-state index contributed by atoms with van der Waals surface area (Å²) < 4.78 is 5.44. The SMILES string of the molecule is CN(C)C1CCC2(CC1)CN(c1cnc(N3CCOCC3)cc1C#N)C(=O)N2c1ccccc1. The van der Waals surface area contributed by atoms with Gasteiger partial charge in [-0.2, -0.15) is 5.26 Å². The molecule has 0 bridgehead atoms. The fourth-order valence-electron chi connectivity index (χ4n) is 5.65. The van der Waals surface area contributed by atoms with E-state index in [1.165, 1.54) is 0 Å². The van der Waals surface area contributed by atoms with Crippen molar-refractivity contribution in [2.45, 2.75) is 37.3 Å². The number of morpholine rings is 1. The van der Waals surface area contributed by atoms with Crippen LogP contribution in [-0.4, -0.2) is 74.4 Å². The van der Waals surface area contributed by atoms with Crippen LogP contribution in [0.25, 0.3) is 0 Å². The Morgan fingerprint density at radius 1 is 1.15 bits per heavy atom. The van der Waals surface area contributed by atoms with Crippen molar-refractivity contribution in [3.8, 4) is 6.07 Å². The van der Waals surface area contributed by atoms with Gasteiger partial charge >= 0.3 is 6.03 Å². The van der Waals surface area contributed by atoms with Crippen molar-refractivity contribution < 1.29 is 9.53 Å². The number of benzene rings is 1. The first-order valence-corrected chi connectivity index (χ1v) is 12.1. The minimum absolute atomic E-state index is 0.0769. The molecule has 5 rings (SSSR count). The number of anilines is 3. The van der Waals surface area contributed by atoms with Gasteiger partial charge < -0.3 is 14.5 Å². The molecule has 0 unspecified atom stereocenters. The topological polar surface area (TPSA) is 75.9 Å². The minimum atomic E-state index is -0.291. The number of nitriles is 1. The van der Waals surface area contributed by atoms with Crippen LogP contribution in [0.4, 0.5) is 22.0 Å². The third-order valence-corrected chi connectivity index (χ3v) is 7.59. The van der Waals surface area contributed by atoms with Crippen LogP contribution in [0.3, 0.4) is 0 Å². The second-order valence-corrected chi connectivity index (χ2v) is 9.73. The number of pyridine rings is 1. The summed E-state index contributed by atoms with van der Waals surface area (Å²) in [6.07, 6.45) is 5.63. The number of carbonyl (C=O) groups is 1. The number of amides is 2. The predicted octanol–water partition coefficient (Wildman–Crippen LogP) is 3.48. The van der Waals surface area contributed by atoms with Gasteiger partial charge in [-0.25, -0.2) is 9.78 Å². The molecule has 178 valence electrons. The first-order valence-electron chi connectivity index (χ1n) is 12.1. The maximum Gasteiger partial charge on any atom is 0.329 e. The standard InChI is InChI=1S/C26H32N6O2/c1-29(2)21-8-10-26(11-9-21)19-31(25(33)32(26)22-6-4-3-5-7-22)23-18-28-24(16-20(23)17-27)30-12-14-34-15-13-30/h3-7,16,18,21H,8-15,19H2,1-2H3. The van der Waals surface area contributed by atoms with Crippen LogP contribution in [0.1, 0.15) is 31.2 Å². The summed E-state index contributed by atoms with van der Waals surface area (Å²) in [5.74, 6) is 0.761. The lowest BCUT2D eigenvalue weighted by Gasteiger charge is -2.43. The van der Waals surface area contributed by atoms with Crippen LogP contribution >= 0.6 is 0 Å². The molecule has 3 fully saturated rings. The number of para-hydroxylation sites is 1. The van der Waals surface area contributed by atoms with E-state index in [9.17, 15) is 10.1 Å². The van der Waals surface area contributed by atoms with Crippen LogP contribution < -0.4 is 14.7 Å². The fraction of sp³-hybridized carbons (Fsp3) is 0.500. The Morgan fingerprint density at radius 3 is 2.50 bits per heavy atom. The van der Waals surface area contributed by atoms with Gasteiger partial charge in [0.15, 0.2) is 0 Å². The largest absolute Gasteiger partial charge is 0.378 e. The van der Waals surface area contributed by atoms with Crippen LogP contribution in [0.15, 0.2) is 42.6 Å². The van der Waals surface area contributed by atoms with Gasteiger partial charge in [-0.3, -0.25) is 9.80 Å². The Bertz CT molecular complexity index is 1070. The summed E-state index contributed by atoms with van der Waals surface area (Å²) in [6, 6.07) is 14.5. The van der Waals surface area contributed by atoms with E-state index in [1.54, 1.807) is 11.1 Å². The van der Waals surface area contributed by atoms with Crippen LogP contribution in [-0.2, 0) is 4.74 Å². The van der Waals surface area contributed by atoms with E-state index in [-0.39, 0.29) is 11.6 Å². The van der Waals surface area contributed by atoms with E-state index in [0.717, 1.165) is 50.3 Å². The Kier molecular flexibility index (Phi) is 6.15. The first kappa shape index (κ1) is 22.6. The zero-order chi connectivity index (χ0) is 23.7. The molecule has 1 aromatic heterocycles. The van der Waals surface area contributed by atoms with Gasteiger partial charge in [-0.05, 0) is 51.9 Å². The Hall–Kier alpha value is -3.15. The highest BCUT2D eigenvalue weighted by molar-refractivity contribution is 6.08. The number of hydrogen-bond donors (Lipinski definition) is 0. The maximum absolute atomic E-state index is 13.9. The van der Waals surface area contributed by atoms with Gasteiger partial charge in [-0.1, -0.05) is 18.2 Å². The van der Waals surface area contributed by atoms with Gasteiger partial charge in [0.25, 0.3) is 0 Å². The van der Waals surface area contributed by atoms with Crippen molar-refractivity contribution in [1.29, 1.82) is 5.26 Å². The zero-order valence-corrected chi connectivity index (χ0v) is 20.0. The van der Waals surface area contributed by atoms with Crippen molar-refractivity contribution >= 4 is 23.2 Å². The molecule has 1 aromatic carbocycles. The molecule has 1 aliphatic carbocycles. The van der Waals surface area contributed by atoms with E-state index in [4.69, 9.17) is 4.74 Å². The second-order valence-electron chi connectivity index (χ2n) is 9.73. The van der Waals surface area contributed by atoms with E-state index in [0.29, 0.717) is 37.1 Å². The Balaban J connectivity index is 1.49. The number of carbonyl (C=O) groups excluding carboxylic acids is 1. The van der Waals surface area contributed by atoms with Gasteiger partial charge in [0.2, 0.25) is 0 Å². The van der Waals surface area contributed by atoms with Crippen molar-refractivity contribution in [2.75, 3.05) is 61.6 Å². The fourth-order valence-corrected chi connectivity index (χ4v) is 5.65.